The average Bonchev–Trinajstić information content (AvgIpc) is 3.08. The molecule has 0 bridgehead atoms. The zero-order valence-corrected chi connectivity index (χ0v) is 8.72. The molecule has 2 N–H and O–H groups in total. The summed E-state index contributed by atoms with van der Waals surface area (Å²) in [5.41, 5.74) is 9.48. The van der Waals surface area contributed by atoms with E-state index in [1.54, 1.807) is 0 Å². The van der Waals surface area contributed by atoms with E-state index in [2.05, 4.69) is 31.2 Å². The first-order valence-electron chi connectivity index (χ1n) is 5.52. The maximum absolute atomic E-state index is 6.14. The van der Waals surface area contributed by atoms with Crippen LogP contribution in [0.2, 0.25) is 0 Å². The van der Waals surface area contributed by atoms with Crippen molar-refractivity contribution in [1.29, 1.82) is 0 Å². The van der Waals surface area contributed by atoms with E-state index < -0.39 is 0 Å². The third-order valence-electron chi connectivity index (χ3n) is 3.95. The Kier molecular flexibility index (Phi) is 1.46. The second kappa shape index (κ2) is 2.40. The van der Waals surface area contributed by atoms with Crippen LogP contribution < -0.4 is 5.73 Å². The van der Waals surface area contributed by atoms with Gasteiger partial charge >= 0.3 is 0 Å². The van der Waals surface area contributed by atoms with Gasteiger partial charge in [0.1, 0.15) is 0 Å². The molecule has 1 aromatic carbocycles. The van der Waals surface area contributed by atoms with Gasteiger partial charge in [0.05, 0.1) is 0 Å². The minimum atomic E-state index is 0.0307. The van der Waals surface area contributed by atoms with Gasteiger partial charge in [0, 0.05) is 5.54 Å². The van der Waals surface area contributed by atoms with Gasteiger partial charge in [-0.3, -0.25) is 0 Å². The summed E-state index contributed by atoms with van der Waals surface area (Å²) in [7, 11) is 0. The zero-order valence-electron chi connectivity index (χ0n) is 8.72. The molecule has 0 saturated heterocycles. The van der Waals surface area contributed by atoms with Gasteiger partial charge < -0.3 is 5.73 Å². The van der Waals surface area contributed by atoms with E-state index in [1.165, 1.54) is 24.0 Å². The maximum Gasteiger partial charge on any atom is 0.0411 e. The van der Waals surface area contributed by atoms with Gasteiger partial charge in [-0.1, -0.05) is 31.2 Å². The van der Waals surface area contributed by atoms with E-state index in [1.807, 2.05) is 0 Å². The molecule has 0 spiro atoms. The molecule has 2 aliphatic carbocycles. The highest BCUT2D eigenvalue weighted by atomic mass is 14.8. The van der Waals surface area contributed by atoms with Gasteiger partial charge in [-0.05, 0) is 42.2 Å². The fourth-order valence-corrected chi connectivity index (χ4v) is 2.10. The highest BCUT2D eigenvalue weighted by Gasteiger charge is 2.41. The smallest absolute Gasteiger partial charge is 0.0411 e. The van der Waals surface area contributed by atoms with Gasteiger partial charge in [-0.2, -0.15) is 0 Å². The number of rotatable bonds is 2. The van der Waals surface area contributed by atoms with Crippen LogP contribution in [-0.2, 0) is 11.0 Å². The fourth-order valence-electron chi connectivity index (χ4n) is 2.10. The highest BCUT2D eigenvalue weighted by molar-refractivity contribution is 5.37. The molecule has 1 nitrogen and oxygen atoms in total. The van der Waals surface area contributed by atoms with Crippen molar-refractivity contribution in [3.05, 3.63) is 35.4 Å². The zero-order chi connectivity index (χ0) is 9.81. The molecule has 14 heavy (non-hydrogen) atoms. The molecular weight excluding hydrogens is 170 g/mol. The standard InChI is InChI=1S/C13H17N/c1-12(6-7-12)10-2-4-11(5-3-10)13(14)8-9-13/h2-5H,6-9,14H2,1H3. The van der Waals surface area contributed by atoms with Crippen LogP contribution in [0, 0.1) is 0 Å². The molecule has 2 saturated carbocycles. The number of hydrogen-bond donors (Lipinski definition) is 1. The van der Waals surface area contributed by atoms with Crippen molar-refractivity contribution in [2.45, 2.75) is 43.6 Å². The Morgan fingerprint density at radius 2 is 1.43 bits per heavy atom. The monoisotopic (exact) mass is 187 g/mol. The van der Waals surface area contributed by atoms with Crippen LogP contribution in [0.4, 0.5) is 0 Å². The lowest BCUT2D eigenvalue weighted by Crippen LogP contribution is -2.18. The first kappa shape index (κ1) is 8.49. The predicted molar refractivity (Wildman–Crippen MR) is 58.1 cm³/mol. The van der Waals surface area contributed by atoms with Crippen molar-refractivity contribution in [2.75, 3.05) is 0 Å². The lowest BCUT2D eigenvalue weighted by Gasteiger charge is -2.12. The van der Waals surface area contributed by atoms with Crippen molar-refractivity contribution in [2.24, 2.45) is 5.73 Å². The van der Waals surface area contributed by atoms with Gasteiger partial charge in [-0.15, -0.1) is 0 Å². The van der Waals surface area contributed by atoms with Crippen molar-refractivity contribution >= 4 is 0 Å². The summed E-state index contributed by atoms with van der Waals surface area (Å²) in [6, 6.07) is 9.00. The van der Waals surface area contributed by atoms with E-state index in [-0.39, 0.29) is 5.54 Å². The van der Waals surface area contributed by atoms with E-state index >= 15 is 0 Å². The Morgan fingerprint density at radius 1 is 0.929 bits per heavy atom. The normalized spacial score (nSPS) is 25.9. The van der Waals surface area contributed by atoms with Crippen LogP contribution in [0.5, 0.6) is 0 Å². The quantitative estimate of drug-likeness (QED) is 0.757. The van der Waals surface area contributed by atoms with Crippen molar-refractivity contribution in [3.63, 3.8) is 0 Å². The molecular formula is C13H17N. The van der Waals surface area contributed by atoms with Gasteiger partial charge in [0.15, 0.2) is 0 Å². The first-order valence-corrected chi connectivity index (χ1v) is 5.52. The minimum absolute atomic E-state index is 0.0307. The molecule has 0 aromatic heterocycles. The molecule has 1 aromatic rings. The van der Waals surface area contributed by atoms with Crippen LogP contribution in [0.3, 0.4) is 0 Å². The Hall–Kier alpha value is -0.820. The molecule has 74 valence electrons. The molecule has 0 aliphatic heterocycles. The molecule has 0 heterocycles. The summed E-state index contributed by atoms with van der Waals surface area (Å²) < 4.78 is 0. The van der Waals surface area contributed by atoms with E-state index in [0.717, 1.165) is 12.8 Å². The lowest BCUT2D eigenvalue weighted by molar-refractivity contribution is 0.734. The molecule has 0 radical (unpaired) electrons. The van der Waals surface area contributed by atoms with Crippen molar-refractivity contribution in [1.82, 2.24) is 0 Å². The third kappa shape index (κ3) is 1.19. The van der Waals surface area contributed by atoms with E-state index in [9.17, 15) is 0 Å². The van der Waals surface area contributed by atoms with Crippen molar-refractivity contribution < 1.29 is 0 Å². The number of hydrogen-bond acceptors (Lipinski definition) is 1. The predicted octanol–water partition coefficient (Wildman–Crippen LogP) is 2.69. The highest BCUT2D eigenvalue weighted by Crippen LogP contribution is 2.48. The summed E-state index contributed by atoms with van der Waals surface area (Å²) in [5, 5.41) is 0. The Morgan fingerprint density at radius 3 is 1.86 bits per heavy atom. The lowest BCUT2D eigenvalue weighted by atomic mass is 9.95. The van der Waals surface area contributed by atoms with Gasteiger partial charge in [0.25, 0.3) is 0 Å². The summed E-state index contributed by atoms with van der Waals surface area (Å²) in [6.07, 6.45) is 5.01. The average molecular weight is 187 g/mol. The van der Waals surface area contributed by atoms with Crippen LogP contribution in [0.15, 0.2) is 24.3 Å². The second-order valence-corrected chi connectivity index (χ2v) is 5.29. The second-order valence-electron chi connectivity index (χ2n) is 5.29. The fraction of sp³-hybridized carbons (Fsp3) is 0.538. The third-order valence-corrected chi connectivity index (χ3v) is 3.95. The largest absolute Gasteiger partial charge is 0.321 e. The number of nitrogens with two attached hydrogens (primary N) is 1. The molecule has 1 heteroatoms. The van der Waals surface area contributed by atoms with Crippen LogP contribution >= 0.6 is 0 Å². The van der Waals surface area contributed by atoms with Crippen LogP contribution in [0.25, 0.3) is 0 Å². The van der Waals surface area contributed by atoms with E-state index in [0.29, 0.717) is 5.41 Å². The Labute approximate surface area is 85.3 Å². The SMILES string of the molecule is CC1(c2ccc(C3(N)CC3)cc2)CC1. The van der Waals surface area contributed by atoms with Crippen molar-refractivity contribution in [3.8, 4) is 0 Å². The molecule has 0 atom stereocenters. The molecule has 3 rings (SSSR count). The number of benzene rings is 1. The Balaban J connectivity index is 1.91. The summed E-state index contributed by atoms with van der Waals surface area (Å²) in [5.74, 6) is 0. The van der Waals surface area contributed by atoms with Crippen LogP contribution in [0.1, 0.15) is 43.7 Å². The van der Waals surface area contributed by atoms with E-state index in [4.69, 9.17) is 5.73 Å². The first-order chi connectivity index (χ1) is 6.62. The summed E-state index contributed by atoms with van der Waals surface area (Å²) >= 11 is 0. The molecule has 2 aliphatic rings. The van der Waals surface area contributed by atoms with Gasteiger partial charge in [-0.25, -0.2) is 0 Å². The topological polar surface area (TPSA) is 26.0 Å². The maximum atomic E-state index is 6.14. The Bertz CT molecular complexity index is 318. The van der Waals surface area contributed by atoms with Crippen LogP contribution in [-0.4, -0.2) is 0 Å². The van der Waals surface area contributed by atoms with Gasteiger partial charge in [0.2, 0.25) is 0 Å². The summed E-state index contributed by atoms with van der Waals surface area (Å²) in [6.45, 7) is 2.34. The summed E-state index contributed by atoms with van der Waals surface area (Å²) in [4.78, 5) is 0. The molecule has 2 fully saturated rings. The molecule has 0 unspecified atom stereocenters. The minimum Gasteiger partial charge on any atom is -0.321 e. The molecule has 0 amide bonds.